The van der Waals surface area contributed by atoms with Gasteiger partial charge in [-0.05, 0) is 48.2 Å². The number of urea groups is 1. The number of carbonyl (C=O) groups excluding carboxylic acids is 4. The van der Waals surface area contributed by atoms with Crippen molar-refractivity contribution in [3.05, 3.63) is 76.3 Å². The van der Waals surface area contributed by atoms with Crippen molar-refractivity contribution < 1.29 is 28.7 Å². The van der Waals surface area contributed by atoms with Crippen LogP contribution in [0.5, 0.6) is 5.75 Å². The van der Waals surface area contributed by atoms with E-state index in [1.165, 1.54) is 16.0 Å². The van der Waals surface area contributed by atoms with E-state index >= 15 is 0 Å². The molecule has 2 N–H and O–H groups in total. The molecule has 0 bridgehead atoms. The van der Waals surface area contributed by atoms with Crippen LogP contribution in [0.3, 0.4) is 0 Å². The zero-order valence-corrected chi connectivity index (χ0v) is 26.1. The fourth-order valence-corrected chi connectivity index (χ4v) is 5.72. The first-order chi connectivity index (χ1) is 21.1. The van der Waals surface area contributed by atoms with Crippen molar-refractivity contribution in [2.45, 2.75) is 38.1 Å². The van der Waals surface area contributed by atoms with Gasteiger partial charge < -0.3 is 29.9 Å². The summed E-state index contributed by atoms with van der Waals surface area (Å²) in [7, 11) is 3.24. The van der Waals surface area contributed by atoms with Gasteiger partial charge in [0.1, 0.15) is 24.6 Å². The predicted molar refractivity (Wildman–Crippen MR) is 165 cm³/mol. The number of fused-ring (bicyclic) bond motifs is 1. The first-order valence-corrected chi connectivity index (χ1v) is 14.8. The molecule has 0 aromatic heterocycles. The third kappa shape index (κ3) is 7.93. The molecule has 2 fully saturated rings. The maximum absolute atomic E-state index is 13.9. The highest BCUT2D eigenvalue weighted by molar-refractivity contribution is 6.35. The molecule has 2 heterocycles. The monoisotopic (exact) mass is 646 g/mol. The Labute approximate surface area is 266 Å². The van der Waals surface area contributed by atoms with Crippen molar-refractivity contribution in [1.82, 2.24) is 30.5 Å². The maximum Gasteiger partial charge on any atom is 0.407 e. The average molecular weight is 648 g/mol. The fourth-order valence-electron chi connectivity index (χ4n) is 5.25. The Bertz CT molecular complexity index is 1380. The van der Waals surface area contributed by atoms with Gasteiger partial charge in [0.25, 0.3) is 0 Å². The normalized spacial score (nSPS) is 18.5. The van der Waals surface area contributed by atoms with E-state index in [0.29, 0.717) is 27.8 Å². The molecule has 5 amide bonds. The van der Waals surface area contributed by atoms with E-state index in [4.69, 9.17) is 32.7 Å². The van der Waals surface area contributed by atoms with Crippen LogP contribution >= 0.6 is 23.2 Å². The molecule has 0 unspecified atom stereocenters. The molecule has 2 atom stereocenters. The highest BCUT2D eigenvalue weighted by Gasteiger charge is 2.50. The molecule has 2 aliphatic rings. The van der Waals surface area contributed by atoms with Crippen molar-refractivity contribution in [2.24, 2.45) is 0 Å². The van der Waals surface area contributed by atoms with Gasteiger partial charge in [-0.15, -0.1) is 0 Å². The molecule has 2 saturated heterocycles. The lowest BCUT2D eigenvalue weighted by atomic mass is 10.0. The van der Waals surface area contributed by atoms with Crippen molar-refractivity contribution in [2.75, 3.05) is 40.4 Å². The van der Waals surface area contributed by atoms with Crippen molar-refractivity contribution >= 4 is 47.1 Å². The number of carbonyl (C=O) groups is 4. The average Bonchev–Trinajstić information content (AvgIpc) is 3.00. The summed E-state index contributed by atoms with van der Waals surface area (Å²) in [6, 6.07) is 11.1. The Morgan fingerprint density at radius 2 is 1.86 bits per heavy atom. The van der Waals surface area contributed by atoms with E-state index in [0.717, 1.165) is 5.56 Å². The number of ether oxygens (including phenoxy) is 2. The Morgan fingerprint density at radius 1 is 1.11 bits per heavy atom. The van der Waals surface area contributed by atoms with Crippen molar-refractivity contribution in [3.63, 3.8) is 0 Å². The summed E-state index contributed by atoms with van der Waals surface area (Å²) in [4.78, 5) is 55.9. The summed E-state index contributed by atoms with van der Waals surface area (Å²) in [5, 5.41) is 9.47. The number of amides is 5. The fraction of sp³-hybridized carbons (Fsp3) is 0.400. The summed E-state index contributed by atoms with van der Waals surface area (Å²) in [5.74, 6) is 0.142. The number of benzene rings is 2. The number of hydrogen-bond acceptors (Lipinski definition) is 7. The van der Waals surface area contributed by atoms with Crippen LogP contribution < -0.4 is 15.4 Å². The lowest BCUT2D eigenvalue weighted by Gasteiger charge is -2.54. The molecule has 0 radical (unpaired) electrons. The number of methoxy groups -OCH3 is 1. The SMILES string of the molecule is C=CCOC(=O)NCCC[C@H]1C(=O)N(Cc2ccc(Cl)cc2Cl)C[C@H]2N1C(=O)CN(C)N2C(=O)NCc1ccc(OC)cc1. The van der Waals surface area contributed by atoms with Crippen LogP contribution in [0.15, 0.2) is 55.1 Å². The van der Waals surface area contributed by atoms with E-state index in [1.807, 2.05) is 12.1 Å². The van der Waals surface area contributed by atoms with E-state index in [2.05, 4.69) is 17.2 Å². The first-order valence-electron chi connectivity index (χ1n) is 14.1. The number of nitrogens with one attached hydrogen (secondary N) is 2. The van der Waals surface area contributed by atoms with Crippen LogP contribution in [0, 0.1) is 0 Å². The molecule has 4 rings (SSSR count). The van der Waals surface area contributed by atoms with Crippen LogP contribution in [0.2, 0.25) is 10.0 Å². The molecule has 0 aliphatic carbocycles. The van der Waals surface area contributed by atoms with E-state index in [1.54, 1.807) is 54.4 Å². The highest BCUT2D eigenvalue weighted by Crippen LogP contribution is 2.30. The minimum absolute atomic E-state index is 0.0620. The second-order valence-corrected chi connectivity index (χ2v) is 11.2. The Balaban J connectivity index is 1.55. The van der Waals surface area contributed by atoms with Crippen LogP contribution in [-0.2, 0) is 27.4 Å². The molecule has 0 saturated carbocycles. The molecular weight excluding hydrogens is 611 g/mol. The van der Waals surface area contributed by atoms with Gasteiger partial charge in [-0.25, -0.2) is 19.6 Å². The Morgan fingerprint density at radius 3 is 2.55 bits per heavy atom. The topological polar surface area (TPSA) is 124 Å². The van der Waals surface area contributed by atoms with Gasteiger partial charge in [-0.2, -0.15) is 0 Å². The van der Waals surface area contributed by atoms with E-state index in [9.17, 15) is 19.2 Å². The summed E-state index contributed by atoms with van der Waals surface area (Å²) in [6.07, 6.45) is 0.701. The zero-order valence-electron chi connectivity index (χ0n) is 24.6. The zero-order chi connectivity index (χ0) is 31.8. The van der Waals surface area contributed by atoms with Gasteiger partial charge in [0.2, 0.25) is 11.8 Å². The molecular formula is C30H36Cl2N6O6. The molecule has 12 nitrogen and oxygen atoms in total. The lowest BCUT2D eigenvalue weighted by Crippen LogP contribution is -2.75. The highest BCUT2D eigenvalue weighted by atomic mass is 35.5. The number of rotatable bonds is 11. The molecule has 2 aromatic rings. The predicted octanol–water partition coefficient (Wildman–Crippen LogP) is 3.63. The van der Waals surface area contributed by atoms with Gasteiger partial charge in [0, 0.05) is 36.7 Å². The number of halogens is 2. The Kier molecular flexibility index (Phi) is 11.3. The van der Waals surface area contributed by atoms with Crippen LogP contribution in [-0.4, -0.2) is 96.4 Å². The van der Waals surface area contributed by atoms with Crippen LogP contribution in [0.25, 0.3) is 0 Å². The van der Waals surface area contributed by atoms with Gasteiger partial charge in [-0.1, -0.05) is 54.1 Å². The van der Waals surface area contributed by atoms with Crippen molar-refractivity contribution in [1.29, 1.82) is 0 Å². The molecule has 236 valence electrons. The van der Waals surface area contributed by atoms with Gasteiger partial charge >= 0.3 is 12.1 Å². The van der Waals surface area contributed by atoms with E-state index < -0.39 is 24.3 Å². The quantitative estimate of drug-likeness (QED) is 0.282. The number of piperazine rings is 1. The third-order valence-electron chi connectivity index (χ3n) is 7.38. The number of alkyl carbamates (subject to hydrolysis) is 1. The number of nitrogens with zero attached hydrogens (tertiary/aromatic N) is 4. The first kappa shape index (κ1) is 32.9. The summed E-state index contributed by atoms with van der Waals surface area (Å²) in [5.41, 5.74) is 1.54. The smallest absolute Gasteiger partial charge is 0.407 e. The molecule has 2 aromatic carbocycles. The van der Waals surface area contributed by atoms with Gasteiger partial charge in [0.15, 0.2) is 0 Å². The van der Waals surface area contributed by atoms with E-state index in [-0.39, 0.29) is 57.6 Å². The second kappa shape index (κ2) is 15.1. The lowest BCUT2D eigenvalue weighted by molar-refractivity contribution is -0.188. The van der Waals surface area contributed by atoms with Gasteiger partial charge in [-0.3, -0.25) is 9.59 Å². The molecule has 2 aliphatic heterocycles. The minimum Gasteiger partial charge on any atom is -0.497 e. The largest absolute Gasteiger partial charge is 0.497 e. The standard InChI is InChI=1S/C30H36Cl2N6O6/c1-4-14-44-30(42)33-13-5-6-25-28(40)36(17-21-9-10-22(31)15-24(21)32)18-26-37(25)27(39)19-35(2)38(26)29(41)34-16-20-7-11-23(43-3)12-8-20/h4,7-12,15,25-26H,1,5-6,13-14,16-19H2,2-3H3,(H,33,42)(H,34,41)/t25-,26-/m0/s1. The second-order valence-electron chi connectivity index (χ2n) is 10.4. The molecule has 0 spiro atoms. The summed E-state index contributed by atoms with van der Waals surface area (Å²) >= 11 is 12.5. The van der Waals surface area contributed by atoms with Crippen LogP contribution in [0.1, 0.15) is 24.0 Å². The summed E-state index contributed by atoms with van der Waals surface area (Å²) < 4.78 is 10.1. The number of hydrazine groups is 1. The summed E-state index contributed by atoms with van der Waals surface area (Å²) in [6.45, 7) is 4.17. The minimum atomic E-state index is -0.871. The third-order valence-corrected chi connectivity index (χ3v) is 7.97. The number of hydrogen-bond donors (Lipinski definition) is 2. The molecule has 44 heavy (non-hydrogen) atoms. The van der Waals surface area contributed by atoms with Crippen molar-refractivity contribution in [3.8, 4) is 5.75 Å². The molecule has 14 heteroatoms. The van der Waals surface area contributed by atoms with Crippen LogP contribution in [0.4, 0.5) is 9.59 Å². The maximum atomic E-state index is 13.9. The Hall–Kier alpha value is -4.00. The number of likely N-dealkylation sites (N-methyl/N-ethyl adjacent to an activating group) is 1. The van der Waals surface area contributed by atoms with Gasteiger partial charge in [0.05, 0.1) is 20.2 Å².